The van der Waals surface area contributed by atoms with Crippen LogP contribution in [0.4, 0.5) is 5.69 Å². The number of aromatic hydroxyl groups is 1. The molecule has 1 aromatic carbocycles. The number of aryl methyl sites for hydroxylation is 1. The van der Waals surface area contributed by atoms with Crippen LogP contribution in [-0.4, -0.2) is 21.0 Å². The zero-order valence-electron chi connectivity index (χ0n) is 8.69. The van der Waals surface area contributed by atoms with Gasteiger partial charge < -0.3 is 15.4 Å². The number of hydrogen-bond acceptors (Lipinski definition) is 3. The van der Waals surface area contributed by atoms with Crippen LogP contribution in [0.1, 0.15) is 16.2 Å². The summed E-state index contributed by atoms with van der Waals surface area (Å²) >= 11 is 0. The van der Waals surface area contributed by atoms with E-state index in [9.17, 15) is 9.90 Å². The number of imidazole rings is 1. The molecule has 1 heterocycles. The molecule has 0 aliphatic heterocycles. The van der Waals surface area contributed by atoms with Crippen molar-refractivity contribution < 1.29 is 9.90 Å². The number of carbonyl (C=O) groups is 1. The lowest BCUT2D eigenvalue weighted by Crippen LogP contribution is -2.14. The van der Waals surface area contributed by atoms with Crippen molar-refractivity contribution in [2.75, 3.05) is 5.32 Å². The maximum atomic E-state index is 11.6. The number of nitrogens with zero attached hydrogens (tertiary/aromatic N) is 1. The standard InChI is InChI=1S/C11H11N3O2/c1-7-6-8(15)2-3-9(7)14-11(16)10-12-4-5-13-10/h2-6,15H,1H3,(H,12,13)(H,14,16). The first-order chi connectivity index (χ1) is 7.66. The second-order valence-electron chi connectivity index (χ2n) is 3.39. The van der Waals surface area contributed by atoms with E-state index in [-0.39, 0.29) is 17.5 Å². The lowest BCUT2D eigenvalue weighted by molar-refractivity contribution is 0.101. The lowest BCUT2D eigenvalue weighted by atomic mass is 10.2. The van der Waals surface area contributed by atoms with Crippen molar-refractivity contribution in [3.05, 3.63) is 42.0 Å². The molecule has 5 heteroatoms. The number of phenolic OH excluding ortho intramolecular Hbond substituents is 1. The molecule has 2 rings (SSSR count). The monoisotopic (exact) mass is 217 g/mol. The fraction of sp³-hybridized carbons (Fsp3) is 0.0909. The molecule has 0 bridgehead atoms. The van der Waals surface area contributed by atoms with Gasteiger partial charge in [-0.2, -0.15) is 0 Å². The van der Waals surface area contributed by atoms with Gasteiger partial charge in [0.15, 0.2) is 5.82 Å². The summed E-state index contributed by atoms with van der Waals surface area (Å²) < 4.78 is 0. The minimum Gasteiger partial charge on any atom is -0.508 e. The molecular weight excluding hydrogens is 206 g/mol. The van der Waals surface area contributed by atoms with Gasteiger partial charge in [0.1, 0.15) is 5.75 Å². The highest BCUT2D eigenvalue weighted by atomic mass is 16.3. The molecule has 0 aliphatic carbocycles. The normalized spacial score (nSPS) is 10.1. The van der Waals surface area contributed by atoms with Crippen LogP contribution in [0.3, 0.4) is 0 Å². The van der Waals surface area contributed by atoms with Gasteiger partial charge in [-0.05, 0) is 30.7 Å². The number of hydrogen-bond donors (Lipinski definition) is 3. The van der Waals surface area contributed by atoms with Crippen LogP contribution in [0.5, 0.6) is 5.75 Å². The van der Waals surface area contributed by atoms with Crippen LogP contribution in [-0.2, 0) is 0 Å². The summed E-state index contributed by atoms with van der Waals surface area (Å²) in [7, 11) is 0. The zero-order valence-corrected chi connectivity index (χ0v) is 8.69. The van der Waals surface area contributed by atoms with Gasteiger partial charge in [-0.1, -0.05) is 0 Å². The molecule has 0 radical (unpaired) electrons. The SMILES string of the molecule is Cc1cc(O)ccc1NC(=O)c1ncc[nH]1. The van der Waals surface area contributed by atoms with Gasteiger partial charge in [-0.3, -0.25) is 4.79 Å². The predicted octanol–water partition coefficient (Wildman–Crippen LogP) is 1.68. The van der Waals surface area contributed by atoms with Crippen LogP contribution >= 0.6 is 0 Å². The van der Waals surface area contributed by atoms with E-state index in [2.05, 4.69) is 15.3 Å². The molecule has 0 unspecified atom stereocenters. The van der Waals surface area contributed by atoms with Crippen LogP contribution in [0.15, 0.2) is 30.6 Å². The van der Waals surface area contributed by atoms with E-state index >= 15 is 0 Å². The Kier molecular flexibility index (Phi) is 2.59. The Balaban J connectivity index is 2.18. The molecule has 5 nitrogen and oxygen atoms in total. The Morgan fingerprint density at radius 3 is 2.94 bits per heavy atom. The van der Waals surface area contributed by atoms with E-state index in [0.29, 0.717) is 5.69 Å². The summed E-state index contributed by atoms with van der Waals surface area (Å²) in [6, 6.07) is 4.74. The van der Waals surface area contributed by atoms with Crippen molar-refractivity contribution >= 4 is 11.6 Å². The number of aromatic amines is 1. The average Bonchev–Trinajstić information content (AvgIpc) is 2.75. The van der Waals surface area contributed by atoms with Gasteiger partial charge in [0, 0.05) is 18.1 Å². The number of H-pyrrole nitrogens is 1. The molecule has 3 N–H and O–H groups in total. The molecule has 2 aromatic rings. The average molecular weight is 217 g/mol. The molecule has 0 saturated heterocycles. The number of carbonyl (C=O) groups excluding carboxylic acids is 1. The summed E-state index contributed by atoms with van der Waals surface area (Å²) in [4.78, 5) is 18.2. The van der Waals surface area contributed by atoms with Crippen molar-refractivity contribution in [2.45, 2.75) is 6.92 Å². The first kappa shape index (κ1) is 10.2. The largest absolute Gasteiger partial charge is 0.508 e. The number of phenols is 1. The summed E-state index contributed by atoms with van der Waals surface area (Å²) in [6.07, 6.45) is 3.09. The van der Waals surface area contributed by atoms with E-state index in [1.54, 1.807) is 25.3 Å². The third-order valence-electron chi connectivity index (χ3n) is 2.17. The van der Waals surface area contributed by atoms with Crippen LogP contribution in [0.25, 0.3) is 0 Å². The Labute approximate surface area is 92.2 Å². The molecule has 1 aromatic heterocycles. The second kappa shape index (κ2) is 4.06. The highest BCUT2D eigenvalue weighted by molar-refractivity contribution is 6.01. The smallest absolute Gasteiger partial charge is 0.291 e. The highest BCUT2D eigenvalue weighted by Crippen LogP contribution is 2.20. The molecule has 0 atom stereocenters. The van der Waals surface area contributed by atoms with Crippen molar-refractivity contribution in [2.24, 2.45) is 0 Å². The zero-order chi connectivity index (χ0) is 11.5. The number of nitrogens with one attached hydrogen (secondary N) is 2. The second-order valence-corrected chi connectivity index (χ2v) is 3.39. The number of rotatable bonds is 2. The number of amides is 1. The van der Waals surface area contributed by atoms with Gasteiger partial charge in [-0.25, -0.2) is 4.98 Å². The summed E-state index contributed by atoms with van der Waals surface area (Å²) in [5.74, 6) is 0.125. The number of anilines is 1. The van der Waals surface area contributed by atoms with E-state index in [4.69, 9.17) is 0 Å². The third-order valence-corrected chi connectivity index (χ3v) is 2.17. The Morgan fingerprint density at radius 1 is 1.50 bits per heavy atom. The molecule has 1 amide bonds. The van der Waals surface area contributed by atoms with Gasteiger partial charge in [0.2, 0.25) is 0 Å². The number of aromatic nitrogens is 2. The molecular formula is C11H11N3O2. The Bertz CT molecular complexity index is 506. The molecule has 0 saturated carbocycles. The van der Waals surface area contributed by atoms with Gasteiger partial charge in [0.25, 0.3) is 5.91 Å². The van der Waals surface area contributed by atoms with Crippen molar-refractivity contribution in [3.63, 3.8) is 0 Å². The molecule has 0 aliphatic rings. The van der Waals surface area contributed by atoms with Crippen LogP contribution < -0.4 is 5.32 Å². The third kappa shape index (κ3) is 2.03. The molecule has 0 fully saturated rings. The van der Waals surface area contributed by atoms with Crippen LogP contribution in [0, 0.1) is 6.92 Å². The Morgan fingerprint density at radius 2 is 2.31 bits per heavy atom. The van der Waals surface area contributed by atoms with Gasteiger partial charge in [0.05, 0.1) is 0 Å². The van der Waals surface area contributed by atoms with Gasteiger partial charge >= 0.3 is 0 Å². The fourth-order valence-corrected chi connectivity index (χ4v) is 1.36. The summed E-state index contributed by atoms with van der Waals surface area (Å²) in [5.41, 5.74) is 1.44. The maximum Gasteiger partial charge on any atom is 0.291 e. The Hall–Kier alpha value is -2.30. The molecule has 82 valence electrons. The molecule has 16 heavy (non-hydrogen) atoms. The first-order valence-electron chi connectivity index (χ1n) is 4.77. The van der Waals surface area contributed by atoms with E-state index in [1.165, 1.54) is 12.3 Å². The van der Waals surface area contributed by atoms with E-state index in [1.807, 2.05) is 0 Å². The maximum absolute atomic E-state index is 11.6. The number of benzene rings is 1. The van der Waals surface area contributed by atoms with Crippen molar-refractivity contribution in [3.8, 4) is 5.75 Å². The predicted molar refractivity (Wildman–Crippen MR) is 59.4 cm³/mol. The van der Waals surface area contributed by atoms with Crippen molar-refractivity contribution in [1.82, 2.24) is 9.97 Å². The summed E-state index contributed by atoms with van der Waals surface area (Å²) in [6.45, 7) is 1.80. The minimum absolute atomic E-state index is 0.175. The van der Waals surface area contributed by atoms with Crippen molar-refractivity contribution in [1.29, 1.82) is 0 Å². The van der Waals surface area contributed by atoms with Gasteiger partial charge in [-0.15, -0.1) is 0 Å². The topological polar surface area (TPSA) is 78.0 Å². The first-order valence-corrected chi connectivity index (χ1v) is 4.77. The van der Waals surface area contributed by atoms with E-state index < -0.39 is 0 Å². The summed E-state index contributed by atoms with van der Waals surface area (Å²) in [5, 5.41) is 11.9. The molecule has 0 spiro atoms. The van der Waals surface area contributed by atoms with E-state index in [0.717, 1.165) is 5.56 Å². The fourth-order valence-electron chi connectivity index (χ4n) is 1.36. The lowest BCUT2D eigenvalue weighted by Gasteiger charge is -2.06. The van der Waals surface area contributed by atoms with Crippen LogP contribution in [0.2, 0.25) is 0 Å². The minimum atomic E-state index is -0.307. The quantitative estimate of drug-likeness (QED) is 0.669. The highest BCUT2D eigenvalue weighted by Gasteiger charge is 2.09.